The number of carbonyl (C=O) groups excluding carboxylic acids is 1. The highest BCUT2D eigenvalue weighted by Gasteiger charge is 2.24. The molecule has 0 radical (unpaired) electrons. The molecule has 0 fully saturated rings. The molecule has 0 aromatic carbocycles. The zero-order valence-corrected chi connectivity index (χ0v) is 10.8. The van der Waals surface area contributed by atoms with E-state index in [0.29, 0.717) is 13.1 Å². The second-order valence-corrected chi connectivity index (χ2v) is 4.67. The third-order valence-corrected chi connectivity index (χ3v) is 2.88. The second kappa shape index (κ2) is 5.61. The van der Waals surface area contributed by atoms with Gasteiger partial charge in [0.25, 0.3) is 0 Å². The molecule has 0 aliphatic heterocycles. The van der Waals surface area contributed by atoms with Gasteiger partial charge in [0.15, 0.2) is 5.69 Å². The van der Waals surface area contributed by atoms with E-state index >= 15 is 0 Å². The molecule has 0 unspecified atom stereocenters. The molecule has 0 saturated carbocycles. The average Bonchev–Trinajstić information content (AvgIpc) is 2.77. The van der Waals surface area contributed by atoms with Gasteiger partial charge >= 0.3 is 5.97 Å². The molecule has 2 N–H and O–H groups in total. The predicted molar refractivity (Wildman–Crippen MR) is 64.1 cm³/mol. The van der Waals surface area contributed by atoms with E-state index in [2.05, 4.69) is 15.6 Å². The zero-order chi connectivity index (χ0) is 13.8. The van der Waals surface area contributed by atoms with Crippen LogP contribution in [-0.4, -0.2) is 38.5 Å². The maximum atomic E-state index is 11.7. The molecule has 1 heterocycles. The van der Waals surface area contributed by atoms with E-state index in [0.717, 1.165) is 6.42 Å². The van der Waals surface area contributed by atoms with Crippen LogP contribution in [0, 0.1) is 5.41 Å². The van der Waals surface area contributed by atoms with Crippen LogP contribution >= 0.6 is 0 Å². The summed E-state index contributed by atoms with van der Waals surface area (Å²) in [4.78, 5) is 22.3. The summed E-state index contributed by atoms with van der Waals surface area (Å²) < 4.78 is 1.39. The van der Waals surface area contributed by atoms with Gasteiger partial charge < -0.3 is 10.4 Å². The van der Waals surface area contributed by atoms with Crippen LogP contribution in [0.4, 0.5) is 0 Å². The Morgan fingerprint density at radius 2 is 2.17 bits per heavy atom. The standard InChI is InChI=1S/C11H18N4O3/c1-4-11(2,3)10(18)12-5-6-15-7-8(9(16)17)13-14-15/h7H,4-6H2,1-3H3,(H,12,18)(H,16,17). The fraction of sp³-hybridized carbons (Fsp3) is 0.636. The lowest BCUT2D eigenvalue weighted by atomic mass is 9.89. The van der Waals surface area contributed by atoms with Gasteiger partial charge in [0.2, 0.25) is 5.91 Å². The van der Waals surface area contributed by atoms with E-state index in [4.69, 9.17) is 5.11 Å². The third-order valence-electron chi connectivity index (χ3n) is 2.88. The van der Waals surface area contributed by atoms with Crippen LogP contribution < -0.4 is 5.32 Å². The number of aromatic carboxylic acids is 1. The molecule has 7 heteroatoms. The predicted octanol–water partition coefficient (Wildman–Crippen LogP) is 0.529. The number of rotatable bonds is 6. The molecule has 0 bridgehead atoms. The Balaban J connectivity index is 2.42. The van der Waals surface area contributed by atoms with E-state index < -0.39 is 11.4 Å². The molecule has 0 aliphatic carbocycles. The molecule has 100 valence electrons. The highest BCUT2D eigenvalue weighted by molar-refractivity contribution is 5.84. The summed E-state index contributed by atoms with van der Waals surface area (Å²) >= 11 is 0. The Labute approximate surface area is 105 Å². The van der Waals surface area contributed by atoms with Crippen molar-refractivity contribution in [3.8, 4) is 0 Å². The molecule has 0 saturated heterocycles. The van der Waals surface area contributed by atoms with Crippen LogP contribution in [0.5, 0.6) is 0 Å². The smallest absolute Gasteiger partial charge is 0.358 e. The molecule has 1 amide bonds. The highest BCUT2D eigenvalue weighted by atomic mass is 16.4. The van der Waals surface area contributed by atoms with Crippen LogP contribution in [0.2, 0.25) is 0 Å². The average molecular weight is 254 g/mol. The lowest BCUT2D eigenvalue weighted by molar-refractivity contribution is -0.129. The summed E-state index contributed by atoms with van der Waals surface area (Å²) in [6.45, 7) is 6.49. The van der Waals surface area contributed by atoms with Gasteiger partial charge in [0.05, 0.1) is 12.7 Å². The van der Waals surface area contributed by atoms with E-state index in [1.165, 1.54) is 10.9 Å². The number of nitrogens with zero attached hydrogens (tertiary/aromatic N) is 3. The van der Waals surface area contributed by atoms with Gasteiger partial charge in [0, 0.05) is 12.0 Å². The number of nitrogens with one attached hydrogen (secondary N) is 1. The summed E-state index contributed by atoms with van der Waals surface area (Å²) in [5, 5.41) is 18.6. The zero-order valence-electron chi connectivity index (χ0n) is 10.8. The van der Waals surface area contributed by atoms with Crippen molar-refractivity contribution in [3.05, 3.63) is 11.9 Å². The lowest BCUT2D eigenvalue weighted by Crippen LogP contribution is -2.38. The van der Waals surface area contributed by atoms with Crippen molar-refractivity contribution in [1.29, 1.82) is 0 Å². The first-order chi connectivity index (χ1) is 8.36. The molecule has 7 nitrogen and oxygen atoms in total. The van der Waals surface area contributed by atoms with Gasteiger partial charge in [-0.1, -0.05) is 26.0 Å². The number of aromatic nitrogens is 3. The van der Waals surface area contributed by atoms with Gasteiger partial charge in [-0.05, 0) is 6.42 Å². The minimum absolute atomic E-state index is 0.0245. The van der Waals surface area contributed by atoms with Crippen LogP contribution in [0.1, 0.15) is 37.7 Å². The van der Waals surface area contributed by atoms with Crippen LogP contribution in [0.15, 0.2) is 6.20 Å². The van der Waals surface area contributed by atoms with E-state index in [9.17, 15) is 9.59 Å². The molecule has 18 heavy (non-hydrogen) atoms. The van der Waals surface area contributed by atoms with Crippen molar-refractivity contribution in [2.24, 2.45) is 5.41 Å². The Morgan fingerprint density at radius 1 is 1.50 bits per heavy atom. The van der Waals surface area contributed by atoms with Crippen molar-refractivity contribution in [2.45, 2.75) is 33.7 Å². The number of carbonyl (C=O) groups is 2. The van der Waals surface area contributed by atoms with Gasteiger partial charge in [-0.2, -0.15) is 0 Å². The van der Waals surface area contributed by atoms with Crippen molar-refractivity contribution in [1.82, 2.24) is 20.3 Å². The maximum Gasteiger partial charge on any atom is 0.358 e. The summed E-state index contributed by atoms with van der Waals surface area (Å²) in [5.74, 6) is -1.14. The number of hydrogen-bond acceptors (Lipinski definition) is 4. The first-order valence-electron chi connectivity index (χ1n) is 5.78. The summed E-state index contributed by atoms with van der Waals surface area (Å²) in [6, 6.07) is 0. The SMILES string of the molecule is CCC(C)(C)C(=O)NCCn1cc(C(=O)O)nn1. The van der Waals surface area contributed by atoms with Gasteiger partial charge in [-0.3, -0.25) is 4.79 Å². The van der Waals surface area contributed by atoms with Gasteiger partial charge in [-0.15, -0.1) is 5.10 Å². The van der Waals surface area contributed by atoms with Crippen molar-refractivity contribution in [2.75, 3.05) is 6.54 Å². The Bertz CT molecular complexity index is 439. The summed E-state index contributed by atoms with van der Waals surface area (Å²) in [5.41, 5.74) is -0.496. The molecule has 0 spiro atoms. The van der Waals surface area contributed by atoms with E-state index in [1.807, 2.05) is 20.8 Å². The molecule has 1 aromatic heterocycles. The summed E-state index contributed by atoms with van der Waals surface area (Å²) in [6.07, 6.45) is 2.09. The topological polar surface area (TPSA) is 97.1 Å². The van der Waals surface area contributed by atoms with E-state index in [1.54, 1.807) is 0 Å². The van der Waals surface area contributed by atoms with Gasteiger partial charge in [0.1, 0.15) is 0 Å². The first kappa shape index (κ1) is 14.1. The Kier molecular flexibility index (Phi) is 4.41. The van der Waals surface area contributed by atoms with Crippen LogP contribution in [0.3, 0.4) is 0 Å². The normalized spacial score (nSPS) is 11.3. The first-order valence-corrected chi connectivity index (χ1v) is 5.78. The minimum Gasteiger partial charge on any atom is -0.476 e. The Hall–Kier alpha value is -1.92. The van der Waals surface area contributed by atoms with E-state index in [-0.39, 0.29) is 11.6 Å². The fourth-order valence-electron chi connectivity index (χ4n) is 1.19. The summed E-state index contributed by atoms with van der Waals surface area (Å²) in [7, 11) is 0. The second-order valence-electron chi connectivity index (χ2n) is 4.67. The van der Waals surface area contributed by atoms with Crippen molar-refractivity contribution in [3.63, 3.8) is 0 Å². The maximum absolute atomic E-state index is 11.7. The number of hydrogen-bond donors (Lipinski definition) is 2. The minimum atomic E-state index is -1.11. The number of carboxylic acid groups (broad SMARTS) is 1. The quantitative estimate of drug-likeness (QED) is 0.771. The molecular formula is C11H18N4O3. The lowest BCUT2D eigenvalue weighted by Gasteiger charge is -2.21. The van der Waals surface area contributed by atoms with Gasteiger partial charge in [-0.25, -0.2) is 9.48 Å². The largest absolute Gasteiger partial charge is 0.476 e. The molecule has 0 aliphatic rings. The third kappa shape index (κ3) is 3.54. The molecule has 1 aromatic rings. The van der Waals surface area contributed by atoms with Crippen LogP contribution in [0.25, 0.3) is 0 Å². The van der Waals surface area contributed by atoms with Crippen molar-refractivity contribution >= 4 is 11.9 Å². The highest BCUT2D eigenvalue weighted by Crippen LogP contribution is 2.19. The number of carboxylic acids is 1. The van der Waals surface area contributed by atoms with Crippen LogP contribution in [-0.2, 0) is 11.3 Å². The number of amides is 1. The molecular weight excluding hydrogens is 236 g/mol. The fourth-order valence-corrected chi connectivity index (χ4v) is 1.19. The molecule has 1 rings (SSSR count). The molecule has 0 atom stereocenters. The van der Waals surface area contributed by atoms with Crippen molar-refractivity contribution < 1.29 is 14.7 Å². The monoisotopic (exact) mass is 254 g/mol. The Morgan fingerprint density at radius 3 is 2.67 bits per heavy atom.